The number of esters is 1. The fourth-order valence-corrected chi connectivity index (χ4v) is 4.01. The molecule has 2 aliphatic heterocycles. The van der Waals surface area contributed by atoms with Crippen molar-refractivity contribution >= 4 is 5.97 Å². The van der Waals surface area contributed by atoms with Crippen molar-refractivity contribution in [3.63, 3.8) is 0 Å². The van der Waals surface area contributed by atoms with E-state index < -0.39 is 0 Å². The number of aliphatic hydroxyl groups is 1. The van der Waals surface area contributed by atoms with Gasteiger partial charge in [0.2, 0.25) is 0 Å². The Bertz CT molecular complexity index is 299. The molecule has 5 atom stereocenters. The Labute approximate surface area is 89.8 Å². The van der Waals surface area contributed by atoms with E-state index >= 15 is 0 Å². The van der Waals surface area contributed by atoms with Crippen molar-refractivity contribution in [2.75, 3.05) is 0 Å². The number of carbonyl (C=O) groups is 1. The van der Waals surface area contributed by atoms with Crippen molar-refractivity contribution in [2.45, 2.75) is 51.2 Å². The van der Waals surface area contributed by atoms with E-state index in [0.717, 1.165) is 32.1 Å². The lowest BCUT2D eigenvalue weighted by molar-refractivity contribution is -0.151. The van der Waals surface area contributed by atoms with Gasteiger partial charge in [-0.3, -0.25) is 4.79 Å². The summed E-state index contributed by atoms with van der Waals surface area (Å²) in [6, 6.07) is 0. The van der Waals surface area contributed by atoms with Crippen molar-refractivity contribution in [2.24, 2.45) is 17.3 Å². The summed E-state index contributed by atoms with van der Waals surface area (Å²) < 4.78 is 5.46. The molecule has 4 fully saturated rings. The molecule has 0 spiro atoms. The van der Waals surface area contributed by atoms with E-state index in [2.05, 4.69) is 0 Å². The topological polar surface area (TPSA) is 46.5 Å². The van der Waals surface area contributed by atoms with Crippen LogP contribution in [0.5, 0.6) is 0 Å². The summed E-state index contributed by atoms with van der Waals surface area (Å²) >= 11 is 0. The molecule has 3 nitrogen and oxygen atoms in total. The van der Waals surface area contributed by atoms with Crippen molar-refractivity contribution < 1.29 is 14.6 Å². The van der Waals surface area contributed by atoms with Gasteiger partial charge < -0.3 is 9.84 Å². The zero-order chi connectivity index (χ0) is 10.6. The third kappa shape index (κ3) is 1.32. The highest BCUT2D eigenvalue weighted by atomic mass is 16.5. The molecule has 1 N–H and O–H groups in total. The van der Waals surface area contributed by atoms with Crippen LogP contribution < -0.4 is 0 Å². The van der Waals surface area contributed by atoms with Crippen LogP contribution in [-0.2, 0) is 9.53 Å². The summed E-state index contributed by atoms with van der Waals surface area (Å²) in [5.41, 5.74) is -0.0251. The smallest absolute Gasteiger partial charge is 0.309 e. The van der Waals surface area contributed by atoms with E-state index in [9.17, 15) is 9.90 Å². The Hall–Kier alpha value is -0.570. The summed E-state index contributed by atoms with van der Waals surface area (Å²) in [5, 5.41) is 9.96. The number of fused-ring (bicyclic) bond motifs is 1. The van der Waals surface area contributed by atoms with Crippen molar-refractivity contribution in [1.82, 2.24) is 0 Å². The number of hydrogen-bond donors (Lipinski definition) is 1. The molecule has 2 heterocycles. The largest absolute Gasteiger partial charge is 0.462 e. The zero-order valence-corrected chi connectivity index (χ0v) is 9.11. The van der Waals surface area contributed by atoms with Gasteiger partial charge in [-0.25, -0.2) is 0 Å². The van der Waals surface area contributed by atoms with E-state index in [0.29, 0.717) is 5.92 Å². The van der Waals surface area contributed by atoms with E-state index in [1.165, 1.54) is 0 Å². The van der Waals surface area contributed by atoms with Crippen LogP contribution in [0.4, 0.5) is 0 Å². The maximum absolute atomic E-state index is 11.7. The number of rotatable bonds is 1. The average molecular weight is 210 g/mol. The third-order valence-electron chi connectivity index (χ3n) is 4.70. The van der Waals surface area contributed by atoms with Crippen LogP contribution in [-0.4, -0.2) is 23.3 Å². The first-order valence-electron chi connectivity index (χ1n) is 5.98. The number of carbonyl (C=O) groups excluding carboxylic acids is 1. The normalized spacial score (nSPS) is 50.0. The van der Waals surface area contributed by atoms with E-state index in [4.69, 9.17) is 4.74 Å². The van der Waals surface area contributed by atoms with Gasteiger partial charge in [-0.2, -0.15) is 0 Å². The fourth-order valence-electron chi connectivity index (χ4n) is 4.01. The Morgan fingerprint density at radius 1 is 1.40 bits per heavy atom. The first kappa shape index (κ1) is 9.64. The predicted octanol–water partition coefficient (Wildman–Crippen LogP) is 1.49. The van der Waals surface area contributed by atoms with Crippen LogP contribution in [0.1, 0.15) is 39.0 Å². The van der Waals surface area contributed by atoms with Crippen LogP contribution in [0.2, 0.25) is 0 Å². The maximum atomic E-state index is 11.7. The quantitative estimate of drug-likeness (QED) is 0.667. The van der Waals surface area contributed by atoms with Crippen molar-refractivity contribution in [1.29, 1.82) is 0 Å². The van der Waals surface area contributed by atoms with Gasteiger partial charge >= 0.3 is 5.97 Å². The zero-order valence-electron chi connectivity index (χ0n) is 9.11. The molecular weight excluding hydrogens is 192 g/mol. The van der Waals surface area contributed by atoms with Gasteiger partial charge in [0, 0.05) is 5.41 Å². The van der Waals surface area contributed by atoms with Crippen LogP contribution >= 0.6 is 0 Å². The molecular formula is C12H18O3. The molecule has 2 saturated heterocycles. The van der Waals surface area contributed by atoms with Gasteiger partial charge in [0.25, 0.3) is 0 Å². The lowest BCUT2D eigenvalue weighted by Gasteiger charge is -2.48. The Morgan fingerprint density at radius 3 is 2.93 bits per heavy atom. The minimum atomic E-state index is -0.305. The van der Waals surface area contributed by atoms with Crippen LogP contribution in [0, 0.1) is 17.3 Å². The van der Waals surface area contributed by atoms with Gasteiger partial charge in [0.1, 0.15) is 6.10 Å². The highest BCUT2D eigenvalue weighted by molar-refractivity contribution is 5.73. The molecule has 4 bridgehead atoms. The van der Waals surface area contributed by atoms with Gasteiger partial charge in [-0.1, -0.05) is 0 Å². The monoisotopic (exact) mass is 210 g/mol. The average Bonchev–Trinajstić information content (AvgIpc) is 2.30. The minimum Gasteiger partial charge on any atom is -0.462 e. The predicted molar refractivity (Wildman–Crippen MR) is 54.1 cm³/mol. The molecule has 5 unspecified atom stereocenters. The molecule has 4 rings (SSSR count). The summed E-state index contributed by atoms with van der Waals surface area (Å²) in [7, 11) is 0. The van der Waals surface area contributed by atoms with Gasteiger partial charge in [0.05, 0.1) is 12.0 Å². The third-order valence-corrected chi connectivity index (χ3v) is 4.70. The van der Waals surface area contributed by atoms with Gasteiger partial charge in [-0.05, 0) is 44.9 Å². The van der Waals surface area contributed by atoms with Crippen LogP contribution in [0.3, 0.4) is 0 Å². The lowest BCUT2D eigenvalue weighted by Crippen LogP contribution is -2.46. The highest BCUT2D eigenvalue weighted by Crippen LogP contribution is 2.55. The molecule has 0 aromatic rings. The van der Waals surface area contributed by atoms with Gasteiger partial charge in [-0.15, -0.1) is 0 Å². The molecule has 0 radical (unpaired) electrons. The molecule has 2 saturated carbocycles. The molecule has 0 aromatic heterocycles. The summed E-state index contributed by atoms with van der Waals surface area (Å²) in [6.45, 7) is 1.87. The van der Waals surface area contributed by atoms with E-state index in [-0.39, 0.29) is 29.5 Å². The standard InChI is InChI=1S/C12H18O3/c1-7(13)12-4-8-2-9(5-12)11(14)15-10(3-8)6-12/h7-10,13H,2-6H2,1H3. The molecule has 0 aromatic carbocycles. The number of hydrogen-bond acceptors (Lipinski definition) is 3. The fraction of sp³-hybridized carbons (Fsp3) is 0.917. The highest BCUT2D eigenvalue weighted by Gasteiger charge is 2.54. The molecule has 15 heavy (non-hydrogen) atoms. The van der Waals surface area contributed by atoms with Crippen molar-refractivity contribution in [3.8, 4) is 0 Å². The SMILES string of the molecule is CC(O)C12CC3CC(C1)OC(=O)C(C3)C2. The second-order valence-corrected chi connectivity index (χ2v) is 5.74. The van der Waals surface area contributed by atoms with E-state index in [1.807, 2.05) is 6.92 Å². The molecule has 3 heteroatoms. The first-order valence-corrected chi connectivity index (χ1v) is 5.98. The molecule has 84 valence electrons. The number of aliphatic hydroxyl groups excluding tert-OH is 1. The Balaban J connectivity index is 1.98. The molecule has 0 amide bonds. The lowest BCUT2D eigenvalue weighted by atomic mass is 9.57. The second-order valence-electron chi connectivity index (χ2n) is 5.74. The van der Waals surface area contributed by atoms with Gasteiger partial charge in [0.15, 0.2) is 0 Å². The van der Waals surface area contributed by atoms with Crippen molar-refractivity contribution in [3.05, 3.63) is 0 Å². The summed E-state index contributed by atoms with van der Waals surface area (Å²) in [6.07, 6.45) is 4.60. The summed E-state index contributed by atoms with van der Waals surface area (Å²) in [4.78, 5) is 11.7. The first-order chi connectivity index (χ1) is 7.09. The molecule has 2 aliphatic carbocycles. The minimum absolute atomic E-state index is 0.00951. The Kier molecular flexibility index (Phi) is 1.91. The maximum Gasteiger partial charge on any atom is 0.309 e. The second kappa shape index (κ2) is 2.97. The Morgan fingerprint density at radius 2 is 2.20 bits per heavy atom. The molecule has 4 aliphatic rings. The van der Waals surface area contributed by atoms with E-state index in [1.54, 1.807) is 0 Å². The van der Waals surface area contributed by atoms with Crippen LogP contribution in [0.15, 0.2) is 0 Å². The number of ether oxygens (including phenoxy) is 1. The summed E-state index contributed by atoms with van der Waals surface area (Å²) in [5.74, 6) is 0.652. The van der Waals surface area contributed by atoms with Crippen LogP contribution in [0.25, 0.3) is 0 Å².